The molecule has 0 aromatic heterocycles. The molecule has 0 amide bonds. The summed E-state index contributed by atoms with van der Waals surface area (Å²) in [6.45, 7) is 1.78. The zero-order valence-electron chi connectivity index (χ0n) is 15.3. The summed E-state index contributed by atoms with van der Waals surface area (Å²) in [6.07, 6.45) is 2.55. The van der Waals surface area contributed by atoms with Crippen molar-refractivity contribution in [1.29, 1.82) is 0 Å². The average Bonchev–Trinajstić information content (AvgIpc) is 3.56. The lowest BCUT2D eigenvalue weighted by Gasteiger charge is -2.15. The molecule has 0 N–H and O–H groups in total. The molecule has 1 saturated carbocycles. The van der Waals surface area contributed by atoms with Crippen LogP contribution in [0.1, 0.15) is 24.0 Å². The van der Waals surface area contributed by atoms with Gasteiger partial charge in [0.1, 0.15) is 19.0 Å². The molecule has 0 heterocycles. The van der Waals surface area contributed by atoms with Crippen LogP contribution >= 0.6 is 0 Å². The Bertz CT molecular complexity index is 842. The molecular weight excluding hydrogens is 336 g/mol. The Kier molecular flexibility index (Phi) is 5.58. The molecule has 0 bridgehead atoms. The standard InChI is InChI=1S/C24H24O3/c1-3-7-19(8-4-1)17-26-23-14-13-22(25-16-21-11-12-21)15-24(23)27-18-20-9-5-2-6-10-20/h1-10,13-15,21H,11-12,16-18H2. The van der Waals surface area contributed by atoms with E-state index in [2.05, 4.69) is 24.3 Å². The third kappa shape index (κ3) is 5.27. The topological polar surface area (TPSA) is 27.7 Å². The number of hydrogen-bond donors (Lipinski definition) is 0. The van der Waals surface area contributed by atoms with Crippen LogP contribution in [-0.2, 0) is 13.2 Å². The van der Waals surface area contributed by atoms with Crippen LogP contribution in [0.25, 0.3) is 0 Å². The summed E-state index contributed by atoms with van der Waals surface area (Å²) >= 11 is 0. The highest BCUT2D eigenvalue weighted by molar-refractivity contribution is 5.46. The molecule has 1 fully saturated rings. The van der Waals surface area contributed by atoms with E-state index in [0.717, 1.165) is 29.2 Å². The van der Waals surface area contributed by atoms with Gasteiger partial charge in [0, 0.05) is 6.07 Å². The molecule has 0 radical (unpaired) electrons. The first-order valence-corrected chi connectivity index (χ1v) is 9.47. The Morgan fingerprint density at radius 3 is 1.81 bits per heavy atom. The first-order chi connectivity index (χ1) is 13.4. The summed E-state index contributed by atoms with van der Waals surface area (Å²) in [4.78, 5) is 0. The Morgan fingerprint density at radius 2 is 1.22 bits per heavy atom. The molecule has 0 atom stereocenters. The van der Waals surface area contributed by atoms with Gasteiger partial charge in [-0.15, -0.1) is 0 Å². The molecule has 0 unspecified atom stereocenters. The van der Waals surface area contributed by atoms with Gasteiger partial charge in [0.25, 0.3) is 0 Å². The van der Waals surface area contributed by atoms with Gasteiger partial charge in [-0.1, -0.05) is 60.7 Å². The van der Waals surface area contributed by atoms with Crippen molar-refractivity contribution in [3.8, 4) is 17.2 Å². The normalized spacial score (nSPS) is 13.2. The van der Waals surface area contributed by atoms with E-state index in [1.54, 1.807) is 0 Å². The van der Waals surface area contributed by atoms with E-state index in [-0.39, 0.29) is 0 Å². The minimum atomic E-state index is 0.495. The maximum atomic E-state index is 6.07. The quantitative estimate of drug-likeness (QED) is 0.495. The van der Waals surface area contributed by atoms with Crippen molar-refractivity contribution >= 4 is 0 Å². The largest absolute Gasteiger partial charge is 0.493 e. The Labute approximate surface area is 160 Å². The SMILES string of the molecule is c1ccc(COc2ccc(OCC3CC3)cc2OCc2ccccc2)cc1. The maximum Gasteiger partial charge on any atom is 0.165 e. The van der Waals surface area contributed by atoms with E-state index in [1.165, 1.54) is 12.8 Å². The van der Waals surface area contributed by atoms with Crippen LogP contribution in [0.2, 0.25) is 0 Å². The lowest BCUT2D eigenvalue weighted by Crippen LogP contribution is -2.03. The fourth-order valence-electron chi connectivity index (χ4n) is 2.78. The van der Waals surface area contributed by atoms with Gasteiger partial charge in [0.2, 0.25) is 0 Å². The third-order valence-corrected chi connectivity index (χ3v) is 4.57. The van der Waals surface area contributed by atoms with Crippen molar-refractivity contribution in [3.05, 3.63) is 90.0 Å². The van der Waals surface area contributed by atoms with Crippen LogP contribution < -0.4 is 14.2 Å². The van der Waals surface area contributed by atoms with Gasteiger partial charge >= 0.3 is 0 Å². The van der Waals surface area contributed by atoms with Gasteiger partial charge in [-0.2, -0.15) is 0 Å². The van der Waals surface area contributed by atoms with Crippen LogP contribution in [0.15, 0.2) is 78.9 Å². The van der Waals surface area contributed by atoms with E-state index in [1.807, 2.05) is 54.6 Å². The molecule has 0 spiro atoms. The number of ether oxygens (including phenoxy) is 3. The lowest BCUT2D eigenvalue weighted by molar-refractivity contribution is 0.251. The molecule has 3 nitrogen and oxygen atoms in total. The summed E-state index contributed by atoms with van der Waals surface area (Å²) in [7, 11) is 0. The molecule has 3 aromatic rings. The first kappa shape index (κ1) is 17.5. The smallest absolute Gasteiger partial charge is 0.165 e. The first-order valence-electron chi connectivity index (χ1n) is 9.47. The van der Waals surface area contributed by atoms with Gasteiger partial charge in [-0.05, 0) is 42.0 Å². The van der Waals surface area contributed by atoms with Crippen molar-refractivity contribution < 1.29 is 14.2 Å². The number of hydrogen-bond acceptors (Lipinski definition) is 3. The van der Waals surface area contributed by atoms with Gasteiger partial charge in [-0.3, -0.25) is 0 Å². The molecule has 138 valence electrons. The van der Waals surface area contributed by atoms with Gasteiger partial charge in [0.15, 0.2) is 11.5 Å². The Morgan fingerprint density at radius 1 is 0.630 bits per heavy atom. The van der Waals surface area contributed by atoms with Crippen LogP contribution in [0.3, 0.4) is 0 Å². The van der Waals surface area contributed by atoms with Crippen LogP contribution in [-0.4, -0.2) is 6.61 Å². The predicted octanol–water partition coefficient (Wildman–Crippen LogP) is 5.63. The Balaban J connectivity index is 1.46. The van der Waals surface area contributed by atoms with Crippen LogP contribution in [0.4, 0.5) is 0 Å². The Hall–Kier alpha value is -2.94. The summed E-state index contributed by atoms with van der Waals surface area (Å²) in [6, 6.07) is 26.1. The zero-order chi connectivity index (χ0) is 18.3. The van der Waals surface area contributed by atoms with E-state index >= 15 is 0 Å². The van der Waals surface area contributed by atoms with E-state index < -0.39 is 0 Å². The summed E-state index contributed by atoms with van der Waals surface area (Å²) in [5.41, 5.74) is 2.25. The van der Waals surface area contributed by atoms with Crippen LogP contribution in [0.5, 0.6) is 17.2 Å². The second-order valence-corrected chi connectivity index (χ2v) is 6.91. The average molecular weight is 360 g/mol. The van der Waals surface area contributed by atoms with Crippen molar-refractivity contribution in [2.45, 2.75) is 26.1 Å². The van der Waals surface area contributed by atoms with Gasteiger partial charge < -0.3 is 14.2 Å². The summed E-state index contributed by atoms with van der Waals surface area (Å²) in [5.74, 6) is 2.99. The lowest BCUT2D eigenvalue weighted by atomic mass is 10.2. The molecule has 0 aliphatic heterocycles. The highest BCUT2D eigenvalue weighted by atomic mass is 16.5. The minimum absolute atomic E-state index is 0.495. The maximum absolute atomic E-state index is 6.07. The third-order valence-electron chi connectivity index (χ3n) is 4.57. The van der Waals surface area contributed by atoms with E-state index in [4.69, 9.17) is 14.2 Å². The van der Waals surface area contributed by atoms with Crippen molar-refractivity contribution in [1.82, 2.24) is 0 Å². The molecule has 27 heavy (non-hydrogen) atoms. The van der Waals surface area contributed by atoms with Crippen LogP contribution in [0, 0.1) is 5.92 Å². The van der Waals surface area contributed by atoms with Crippen molar-refractivity contribution in [3.63, 3.8) is 0 Å². The monoisotopic (exact) mass is 360 g/mol. The highest BCUT2D eigenvalue weighted by Crippen LogP contribution is 2.35. The minimum Gasteiger partial charge on any atom is -0.493 e. The van der Waals surface area contributed by atoms with E-state index in [0.29, 0.717) is 24.9 Å². The zero-order valence-corrected chi connectivity index (χ0v) is 15.3. The molecule has 3 aromatic carbocycles. The van der Waals surface area contributed by atoms with Crippen molar-refractivity contribution in [2.75, 3.05) is 6.61 Å². The highest BCUT2D eigenvalue weighted by Gasteiger charge is 2.22. The van der Waals surface area contributed by atoms with E-state index in [9.17, 15) is 0 Å². The molecule has 1 aliphatic rings. The number of rotatable bonds is 9. The van der Waals surface area contributed by atoms with Crippen molar-refractivity contribution in [2.24, 2.45) is 5.92 Å². The predicted molar refractivity (Wildman–Crippen MR) is 106 cm³/mol. The molecule has 3 heteroatoms. The molecular formula is C24H24O3. The fraction of sp³-hybridized carbons (Fsp3) is 0.250. The van der Waals surface area contributed by atoms with Gasteiger partial charge in [-0.25, -0.2) is 0 Å². The molecule has 4 rings (SSSR count). The van der Waals surface area contributed by atoms with Gasteiger partial charge in [0.05, 0.1) is 6.61 Å². The number of benzene rings is 3. The second-order valence-electron chi connectivity index (χ2n) is 6.91. The summed E-state index contributed by atoms with van der Waals surface area (Å²) < 4.78 is 18.0. The molecule has 0 saturated heterocycles. The second kappa shape index (κ2) is 8.63. The fourth-order valence-corrected chi connectivity index (χ4v) is 2.78. The summed E-state index contributed by atoms with van der Waals surface area (Å²) in [5, 5.41) is 0. The molecule has 1 aliphatic carbocycles.